The lowest BCUT2D eigenvalue weighted by atomic mass is 9.72. The van der Waals surface area contributed by atoms with E-state index in [9.17, 15) is 14.9 Å². The zero-order valence-electron chi connectivity index (χ0n) is 21.6. The van der Waals surface area contributed by atoms with Crippen LogP contribution >= 0.6 is 11.3 Å². The van der Waals surface area contributed by atoms with Crippen molar-refractivity contribution < 1.29 is 14.1 Å². The molecular weight excluding hydrogens is 498 g/mol. The summed E-state index contributed by atoms with van der Waals surface area (Å²) >= 11 is 1.56. The summed E-state index contributed by atoms with van der Waals surface area (Å²) in [6.07, 6.45) is 4.37. The first-order chi connectivity index (χ1) is 18.2. The van der Waals surface area contributed by atoms with Gasteiger partial charge >= 0.3 is 0 Å². The number of para-hydroxylation sites is 2. The first-order valence-electron chi connectivity index (χ1n) is 12.6. The maximum absolute atomic E-state index is 13.5. The molecule has 0 unspecified atom stereocenters. The topological polar surface area (TPSA) is 97.7 Å². The van der Waals surface area contributed by atoms with E-state index in [1.165, 1.54) is 10.9 Å². The van der Waals surface area contributed by atoms with Crippen LogP contribution < -0.4 is 5.32 Å². The molecule has 0 radical (unpaired) electrons. The number of carbonyl (C=O) groups is 1. The number of amides is 1. The second-order valence-electron chi connectivity index (χ2n) is 10.5. The molecule has 0 saturated heterocycles. The fourth-order valence-electron chi connectivity index (χ4n) is 4.88. The average Bonchev–Trinajstić information content (AvgIpc) is 3.51. The number of nitrogens with one attached hydrogen (secondary N) is 1. The van der Waals surface area contributed by atoms with Crippen LogP contribution in [0.1, 0.15) is 53.8 Å². The summed E-state index contributed by atoms with van der Waals surface area (Å²) in [5, 5.41) is 15.1. The van der Waals surface area contributed by atoms with Crippen LogP contribution in [0.4, 0.5) is 16.4 Å². The van der Waals surface area contributed by atoms with Gasteiger partial charge in [0, 0.05) is 16.6 Å². The van der Waals surface area contributed by atoms with Gasteiger partial charge in [-0.1, -0.05) is 51.1 Å². The fraction of sp³-hybridized carbons (Fsp3) is 0.267. The van der Waals surface area contributed by atoms with E-state index in [1.54, 1.807) is 47.9 Å². The summed E-state index contributed by atoms with van der Waals surface area (Å²) in [7, 11) is 0. The van der Waals surface area contributed by atoms with E-state index in [0.29, 0.717) is 33.6 Å². The lowest BCUT2D eigenvalue weighted by Crippen LogP contribution is -2.27. The van der Waals surface area contributed by atoms with Gasteiger partial charge in [-0.3, -0.25) is 14.9 Å². The van der Waals surface area contributed by atoms with E-state index in [-0.39, 0.29) is 17.0 Å². The highest BCUT2D eigenvalue weighted by atomic mass is 32.1. The zero-order chi connectivity index (χ0) is 26.9. The molecule has 0 spiro atoms. The monoisotopic (exact) mass is 527 g/mol. The van der Waals surface area contributed by atoms with E-state index < -0.39 is 4.92 Å². The van der Waals surface area contributed by atoms with Gasteiger partial charge in [0.15, 0.2) is 0 Å². The molecule has 2 aromatic carbocycles. The van der Waals surface area contributed by atoms with Crippen molar-refractivity contribution in [3.63, 3.8) is 0 Å². The number of nitrogens with zero attached hydrogens (tertiary/aromatic N) is 2. The van der Waals surface area contributed by atoms with Crippen LogP contribution in [-0.2, 0) is 12.8 Å². The number of hydrogen-bond acceptors (Lipinski definition) is 6. The molecule has 5 rings (SSSR count). The summed E-state index contributed by atoms with van der Waals surface area (Å²) in [4.78, 5) is 30.4. The molecule has 1 atom stereocenters. The number of fused-ring (bicyclic) bond motifs is 1. The molecule has 1 N–H and O–H groups in total. The van der Waals surface area contributed by atoms with Gasteiger partial charge in [0.25, 0.3) is 11.6 Å². The molecule has 2 aromatic heterocycles. The van der Waals surface area contributed by atoms with Gasteiger partial charge in [-0.2, -0.15) is 0 Å². The molecule has 7 nitrogen and oxygen atoms in total. The van der Waals surface area contributed by atoms with Crippen molar-refractivity contribution in [3.8, 4) is 11.3 Å². The minimum Gasteiger partial charge on any atom is -0.455 e. The van der Waals surface area contributed by atoms with E-state index in [1.807, 2.05) is 30.3 Å². The third kappa shape index (κ3) is 5.31. The van der Waals surface area contributed by atoms with Gasteiger partial charge in [0.05, 0.1) is 22.3 Å². The third-order valence-electron chi connectivity index (χ3n) is 7.03. The number of anilines is 1. The summed E-state index contributed by atoms with van der Waals surface area (Å²) in [6, 6.07) is 19.3. The van der Waals surface area contributed by atoms with E-state index in [2.05, 4.69) is 26.1 Å². The standard InChI is InChI=1S/C30H29N3O4S/c1-30(2,3)19-13-15-23-26(17-19)38-29(27(23)28(34)32-20-9-5-4-6-10-20)31-18-21-14-16-25(37-21)22-11-7-8-12-24(22)33(35)36/h4-12,14,16,18-19H,13,15,17H2,1-3H3,(H,32,34)/t19-/m0/s1. The van der Waals surface area contributed by atoms with Crippen molar-refractivity contribution in [2.75, 3.05) is 5.32 Å². The highest BCUT2D eigenvalue weighted by Crippen LogP contribution is 2.45. The molecule has 38 heavy (non-hydrogen) atoms. The SMILES string of the molecule is CC(C)(C)[C@H]1CCc2c(sc(N=Cc3ccc(-c4ccccc4[N+](=O)[O-])o3)c2C(=O)Nc2ccccc2)C1. The number of carbonyl (C=O) groups excluding carboxylic acids is 1. The molecule has 8 heteroatoms. The quantitative estimate of drug-likeness (QED) is 0.156. The summed E-state index contributed by atoms with van der Waals surface area (Å²) in [6.45, 7) is 6.80. The Morgan fingerprint density at radius 2 is 1.84 bits per heavy atom. The van der Waals surface area contributed by atoms with Crippen LogP contribution in [0.25, 0.3) is 11.3 Å². The molecule has 0 aliphatic heterocycles. The third-order valence-corrected chi connectivity index (χ3v) is 8.19. The molecule has 0 fully saturated rings. The molecule has 1 aliphatic rings. The Kier molecular flexibility index (Phi) is 6.99. The average molecular weight is 528 g/mol. The minimum absolute atomic E-state index is 0.0236. The normalized spacial score (nSPS) is 15.4. The highest BCUT2D eigenvalue weighted by molar-refractivity contribution is 7.16. The number of benzene rings is 2. The summed E-state index contributed by atoms with van der Waals surface area (Å²) in [5.41, 5.74) is 2.99. The molecule has 1 aliphatic carbocycles. The Morgan fingerprint density at radius 1 is 1.11 bits per heavy atom. The van der Waals surface area contributed by atoms with Crippen LogP contribution in [0.5, 0.6) is 0 Å². The number of rotatable bonds is 6. The van der Waals surface area contributed by atoms with Crippen molar-refractivity contribution in [2.45, 2.75) is 40.0 Å². The maximum Gasteiger partial charge on any atom is 0.280 e. The van der Waals surface area contributed by atoms with Gasteiger partial charge in [-0.15, -0.1) is 11.3 Å². The molecule has 2 heterocycles. The first-order valence-corrected chi connectivity index (χ1v) is 13.4. The number of nitro benzene ring substituents is 1. The van der Waals surface area contributed by atoms with Crippen molar-refractivity contribution in [1.82, 2.24) is 0 Å². The maximum atomic E-state index is 13.5. The molecule has 0 saturated carbocycles. The molecule has 0 bridgehead atoms. The minimum atomic E-state index is -0.426. The predicted octanol–water partition coefficient (Wildman–Crippen LogP) is 8.07. The number of thiophene rings is 1. The van der Waals surface area contributed by atoms with Gasteiger partial charge in [0.2, 0.25) is 0 Å². The number of furan rings is 1. The number of nitro groups is 1. The van der Waals surface area contributed by atoms with Crippen LogP contribution in [0.2, 0.25) is 0 Å². The van der Waals surface area contributed by atoms with Gasteiger partial charge in [-0.25, -0.2) is 4.99 Å². The predicted molar refractivity (Wildman–Crippen MR) is 152 cm³/mol. The van der Waals surface area contributed by atoms with Crippen molar-refractivity contribution >= 4 is 39.8 Å². The Morgan fingerprint density at radius 3 is 2.58 bits per heavy atom. The molecule has 194 valence electrons. The van der Waals surface area contributed by atoms with Crippen LogP contribution in [0.15, 0.2) is 76.1 Å². The van der Waals surface area contributed by atoms with Crippen LogP contribution in [-0.4, -0.2) is 17.0 Å². The van der Waals surface area contributed by atoms with Gasteiger partial charge in [0.1, 0.15) is 16.5 Å². The Labute approximate surface area is 225 Å². The van der Waals surface area contributed by atoms with Crippen molar-refractivity contribution in [2.24, 2.45) is 16.3 Å². The lowest BCUT2D eigenvalue weighted by molar-refractivity contribution is -0.384. The molecule has 1 amide bonds. The second-order valence-corrected chi connectivity index (χ2v) is 11.6. The van der Waals surface area contributed by atoms with Gasteiger partial charge < -0.3 is 9.73 Å². The molecular formula is C30H29N3O4S. The van der Waals surface area contributed by atoms with Crippen molar-refractivity contribution in [3.05, 3.63) is 98.6 Å². The van der Waals surface area contributed by atoms with Crippen LogP contribution in [0, 0.1) is 21.4 Å². The Balaban J connectivity index is 1.48. The van der Waals surface area contributed by atoms with Crippen LogP contribution in [0.3, 0.4) is 0 Å². The summed E-state index contributed by atoms with van der Waals surface area (Å²) < 4.78 is 5.89. The zero-order valence-corrected chi connectivity index (χ0v) is 22.4. The smallest absolute Gasteiger partial charge is 0.280 e. The Hall–Kier alpha value is -4.04. The highest BCUT2D eigenvalue weighted by Gasteiger charge is 2.33. The van der Waals surface area contributed by atoms with Gasteiger partial charge in [-0.05, 0) is 66.5 Å². The van der Waals surface area contributed by atoms with E-state index in [4.69, 9.17) is 9.41 Å². The summed E-state index contributed by atoms with van der Waals surface area (Å²) in [5.74, 6) is 1.20. The number of aliphatic imine (C=N–C) groups is 1. The Bertz CT molecular complexity index is 1510. The molecule has 4 aromatic rings. The lowest BCUT2D eigenvalue weighted by Gasteiger charge is -2.33. The fourth-order valence-corrected chi connectivity index (χ4v) is 6.15. The first kappa shape index (κ1) is 25.6. The van der Waals surface area contributed by atoms with E-state index >= 15 is 0 Å². The largest absolute Gasteiger partial charge is 0.455 e. The number of hydrogen-bond donors (Lipinski definition) is 1. The van der Waals surface area contributed by atoms with E-state index in [0.717, 1.165) is 30.5 Å². The van der Waals surface area contributed by atoms with Crippen molar-refractivity contribution in [1.29, 1.82) is 0 Å². The second kappa shape index (κ2) is 10.4.